The van der Waals surface area contributed by atoms with E-state index < -0.39 is 0 Å². The molecular formula is C22H23ClFN3O. The molecule has 0 N–H and O–H groups in total. The third-order valence-electron chi connectivity index (χ3n) is 5.32. The number of aryl methyl sites for hydroxylation is 1. The molecule has 0 radical (unpaired) electrons. The number of nitriles is 1. The van der Waals surface area contributed by atoms with Gasteiger partial charge in [-0.15, -0.1) is 0 Å². The van der Waals surface area contributed by atoms with Crippen molar-refractivity contribution >= 4 is 23.2 Å². The highest BCUT2D eigenvalue weighted by molar-refractivity contribution is 6.32. The second-order valence-electron chi connectivity index (χ2n) is 7.11. The van der Waals surface area contributed by atoms with E-state index >= 15 is 0 Å². The van der Waals surface area contributed by atoms with Crippen LogP contribution in [0.15, 0.2) is 36.4 Å². The highest BCUT2D eigenvalue weighted by Crippen LogP contribution is 2.30. The largest absolute Gasteiger partial charge is 0.362 e. The summed E-state index contributed by atoms with van der Waals surface area (Å²) in [4.78, 5) is 16.2. The Bertz CT molecular complexity index is 924. The van der Waals surface area contributed by atoms with Gasteiger partial charge < -0.3 is 9.80 Å². The van der Waals surface area contributed by atoms with Crippen LogP contribution in [0.4, 0.5) is 10.1 Å². The summed E-state index contributed by atoms with van der Waals surface area (Å²) in [5.41, 5.74) is 3.18. The number of hydrogen-bond acceptors (Lipinski definition) is 3. The maximum Gasteiger partial charge on any atom is 0.222 e. The molecule has 1 unspecified atom stereocenters. The van der Waals surface area contributed by atoms with Crippen molar-refractivity contribution in [2.24, 2.45) is 0 Å². The zero-order chi connectivity index (χ0) is 20.3. The molecule has 0 spiro atoms. The van der Waals surface area contributed by atoms with Crippen LogP contribution in [0.2, 0.25) is 5.02 Å². The second kappa shape index (κ2) is 8.62. The first-order valence-corrected chi connectivity index (χ1v) is 9.79. The molecule has 0 saturated carbocycles. The molecule has 0 aromatic heterocycles. The Kier molecular flexibility index (Phi) is 6.21. The molecular weight excluding hydrogens is 377 g/mol. The van der Waals surface area contributed by atoms with E-state index in [2.05, 4.69) is 11.0 Å². The zero-order valence-corrected chi connectivity index (χ0v) is 16.8. The van der Waals surface area contributed by atoms with Crippen LogP contribution in [-0.4, -0.2) is 29.9 Å². The Labute approximate surface area is 170 Å². The molecule has 1 aliphatic rings. The first-order chi connectivity index (χ1) is 13.4. The van der Waals surface area contributed by atoms with Crippen molar-refractivity contribution in [1.29, 1.82) is 5.26 Å². The number of rotatable bonds is 5. The van der Waals surface area contributed by atoms with Crippen LogP contribution in [-0.2, 0) is 11.3 Å². The van der Waals surface area contributed by atoms with E-state index in [-0.39, 0.29) is 17.8 Å². The fourth-order valence-corrected chi connectivity index (χ4v) is 3.86. The molecule has 6 heteroatoms. The molecule has 1 atom stereocenters. The van der Waals surface area contributed by atoms with Crippen molar-refractivity contribution in [3.8, 4) is 6.07 Å². The molecule has 3 rings (SSSR count). The standard InChI is InChI=1S/C22H23ClFN3O/c1-3-22(28)26-9-8-20(14-26)27(13-17-10-18(24)6-4-15(17)2)19-7-5-16(12-25)21(23)11-19/h4-7,10-11,20H,3,8-9,13-14H2,1-2H3. The van der Waals surface area contributed by atoms with E-state index in [0.717, 1.165) is 23.2 Å². The number of amides is 1. The van der Waals surface area contributed by atoms with Crippen LogP contribution in [0.25, 0.3) is 0 Å². The van der Waals surface area contributed by atoms with Crippen molar-refractivity contribution in [2.75, 3.05) is 18.0 Å². The third-order valence-corrected chi connectivity index (χ3v) is 5.63. The lowest BCUT2D eigenvalue weighted by molar-refractivity contribution is -0.129. The maximum atomic E-state index is 13.8. The van der Waals surface area contributed by atoms with E-state index in [0.29, 0.717) is 36.6 Å². The van der Waals surface area contributed by atoms with Gasteiger partial charge in [-0.05, 0) is 54.8 Å². The van der Waals surface area contributed by atoms with Gasteiger partial charge in [0.05, 0.1) is 10.6 Å². The minimum Gasteiger partial charge on any atom is -0.362 e. The molecule has 28 heavy (non-hydrogen) atoms. The number of halogens is 2. The van der Waals surface area contributed by atoms with Crippen molar-refractivity contribution < 1.29 is 9.18 Å². The van der Waals surface area contributed by atoms with Crippen molar-refractivity contribution in [3.63, 3.8) is 0 Å². The van der Waals surface area contributed by atoms with Crippen molar-refractivity contribution in [2.45, 2.75) is 39.3 Å². The fraction of sp³-hybridized carbons (Fsp3) is 0.364. The minimum absolute atomic E-state index is 0.0992. The van der Waals surface area contributed by atoms with Crippen LogP contribution in [0, 0.1) is 24.1 Å². The minimum atomic E-state index is -0.271. The van der Waals surface area contributed by atoms with E-state index in [9.17, 15) is 9.18 Å². The molecule has 4 nitrogen and oxygen atoms in total. The summed E-state index contributed by atoms with van der Waals surface area (Å²) in [6.07, 6.45) is 1.32. The Balaban J connectivity index is 1.95. The Morgan fingerprint density at radius 3 is 2.82 bits per heavy atom. The number of benzene rings is 2. The lowest BCUT2D eigenvalue weighted by Crippen LogP contribution is -2.38. The van der Waals surface area contributed by atoms with Gasteiger partial charge in [0.25, 0.3) is 0 Å². The van der Waals surface area contributed by atoms with Gasteiger partial charge in [-0.25, -0.2) is 4.39 Å². The van der Waals surface area contributed by atoms with E-state index in [1.165, 1.54) is 6.07 Å². The molecule has 1 saturated heterocycles. The van der Waals surface area contributed by atoms with E-state index in [1.807, 2.05) is 24.8 Å². The zero-order valence-electron chi connectivity index (χ0n) is 16.1. The monoisotopic (exact) mass is 399 g/mol. The quantitative estimate of drug-likeness (QED) is 0.733. The van der Waals surface area contributed by atoms with Gasteiger partial charge in [0, 0.05) is 37.8 Å². The summed E-state index contributed by atoms with van der Waals surface area (Å²) in [5.74, 6) is -0.130. The molecule has 2 aromatic carbocycles. The van der Waals surface area contributed by atoms with Gasteiger partial charge in [-0.3, -0.25) is 4.79 Å². The highest BCUT2D eigenvalue weighted by atomic mass is 35.5. The lowest BCUT2D eigenvalue weighted by atomic mass is 10.1. The van der Waals surface area contributed by atoms with Gasteiger partial charge in [-0.2, -0.15) is 5.26 Å². The van der Waals surface area contributed by atoms with Crippen LogP contribution in [0.5, 0.6) is 0 Å². The molecule has 146 valence electrons. The number of likely N-dealkylation sites (tertiary alicyclic amines) is 1. The highest BCUT2D eigenvalue weighted by Gasteiger charge is 2.30. The van der Waals surface area contributed by atoms with Crippen molar-refractivity contribution in [3.05, 3.63) is 63.9 Å². The summed E-state index contributed by atoms with van der Waals surface area (Å²) in [6, 6.07) is 12.3. The maximum absolute atomic E-state index is 13.8. The summed E-state index contributed by atoms with van der Waals surface area (Å²) in [6.45, 7) is 5.66. The van der Waals surface area contributed by atoms with Gasteiger partial charge in [-0.1, -0.05) is 24.6 Å². The summed E-state index contributed by atoms with van der Waals surface area (Å²) in [7, 11) is 0. The SMILES string of the molecule is CCC(=O)N1CCC(N(Cc2cc(F)ccc2C)c2ccc(C#N)c(Cl)c2)C1. The predicted octanol–water partition coefficient (Wildman–Crippen LogP) is 4.68. The second-order valence-corrected chi connectivity index (χ2v) is 7.52. The molecule has 1 fully saturated rings. The molecule has 0 bridgehead atoms. The summed E-state index contributed by atoms with van der Waals surface area (Å²) >= 11 is 6.27. The number of carbonyl (C=O) groups is 1. The summed E-state index contributed by atoms with van der Waals surface area (Å²) in [5, 5.41) is 9.54. The Hall–Kier alpha value is -2.58. The van der Waals surface area contributed by atoms with E-state index in [4.69, 9.17) is 16.9 Å². The first-order valence-electron chi connectivity index (χ1n) is 9.42. The van der Waals surface area contributed by atoms with Crippen molar-refractivity contribution in [1.82, 2.24) is 4.90 Å². The summed E-state index contributed by atoms with van der Waals surface area (Å²) < 4.78 is 13.8. The average Bonchev–Trinajstić information content (AvgIpc) is 3.17. The predicted molar refractivity (Wildman–Crippen MR) is 109 cm³/mol. The number of carbonyl (C=O) groups excluding carboxylic acids is 1. The molecule has 2 aromatic rings. The molecule has 1 aliphatic heterocycles. The first kappa shape index (κ1) is 20.2. The number of anilines is 1. The lowest BCUT2D eigenvalue weighted by Gasteiger charge is -2.32. The Morgan fingerprint density at radius 1 is 1.36 bits per heavy atom. The smallest absolute Gasteiger partial charge is 0.222 e. The van der Waals surface area contributed by atoms with E-state index in [1.54, 1.807) is 24.3 Å². The topological polar surface area (TPSA) is 47.3 Å². The number of hydrogen-bond donors (Lipinski definition) is 0. The molecule has 1 heterocycles. The van der Waals surface area contributed by atoms with Gasteiger partial charge >= 0.3 is 0 Å². The molecule has 1 amide bonds. The van der Waals surface area contributed by atoms with Gasteiger partial charge in [0.15, 0.2) is 0 Å². The van der Waals surface area contributed by atoms with Crippen LogP contribution in [0.1, 0.15) is 36.5 Å². The van der Waals surface area contributed by atoms with Crippen LogP contribution in [0.3, 0.4) is 0 Å². The van der Waals surface area contributed by atoms with Gasteiger partial charge in [0.1, 0.15) is 11.9 Å². The average molecular weight is 400 g/mol. The van der Waals surface area contributed by atoms with Crippen LogP contribution >= 0.6 is 11.6 Å². The third kappa shape index (κ3) is 4.28. The Morgan fingerprint density at radius 2 is 2.14 bits per heavy atom. The number of nitrogens with zero attached hydrogens (tertiary/aromatic N) is 3. The fourth-order valence-electron chi connectivity index (χ4n) is 3.64. The van der Waals surface area contributed by atoms with Crippen LogP contribution < -0.4 is 4.90 Å². The normalized spacial score (nSPS) is 16.1. The van der Waals surface area contributed by atoms with Gasteiger partial charge in [0.2, 0.25) is 5.91 Å². The molecule has 0 aliphatic carbocycles.